The molecule has 0 unspecified atom stereocenters. The van der Waals surface area contributed by atoms with Crippen molar-refractivity contribution in [3.8, 4) is 0 Å². The molecule has 1 heterocycles. The van der Waals surface area contributed by atoms with Crippen LogP contribution in [0.4, 0.5) is 0 Å². The highest BCUT2D eigenvalue weighted by Gasteiger charge is 1.90. The molecule has 1 rings (SSSR count). The number of alkyl halides is 1. The summed E-state index contributed by atoms with van der Waals surface area (Å²) in [6.07, 6.45) is 5.44. The third kappa shape index (κ3) is 2.64. The second-order valence-electron chi connectivity index (χ2n) is 2.30. The molecule has 1 aromatic heterocycles. The largest absolute Gasteiger partial charge is 0.390 e. The van der Waals surface area contributed by atoms with E-state index in [4.69, 9.17) is 16.7 Å². The molecule has 0 bridgehead atoms. The highest BCUT2D eigenvalue weighted by Crippen LogP contribution is 2.02. The molecule has 0 aromatic carbocycles. The zero-order valence-corrected chi connectivity index (χ0v) is 7.33. The van der Waals surface area contributed by atoms with E-state index in [1.54, 1.807) is 12.3 Å². The Balaban J connectivity index is 2.71. The minimum Gasteiger partial charge on any atom is -0.390 e. The zero-order valence-electron chi connectivity index (χ0n) is 6.57. The summed E-state index contributed by atoms with van der Waals surface area (Å²) in [6, 6.07) is 3.68. The maximum atomic E-state index is 8.70. The molecule has 0 saturated heterocycles. The van der Waals surface area contributed by atoms with E-state index in [1.165, 1.54) is 0 Å². The maximum Gasteiger partial charge on any atom is 0.0852 e. The summed E-state index contributed by atoms with van der Waals surface area (Å²) < 4.78 is 0. The molecule has 0 aliphatic rings. The van der Waals surface area contributed by atoms with Crippen molar-refractivity contribution in [1.82, 2.24) is 4.98 Å². The Bertz CT molecular complexity index is 256. The van der Waals surface area contributed by atoms with Gasteiger partial charge in [0.1, 0.15) is 0 Å². The first-order chi connectivity index (χ1) is 5.86. The standard InChI is InChI=1S/C9H10ClNO/c10-5-1-2-8-3-4-9(7-12)11-6-8/h1-4,6,12H,5,7H2. The van der Waals surface area contributed by atoms with Crippen molar-refractivity contribution in [1.29, 1.82) is 0 Å². The monoisotopic (exact) mass is 183 g/mol. The van der Waals surface area contributed by atoms with Crippen molar-refractivity contribution in [3.63, 3.8) is 0 Å². The number of pyridine rings is 1. The van der Waals surface area contributed by atoms with Gasteiger partial charge in [0.25, 0.3) is 0 Å². The number of nitrogens with zero attached hydrogens (tertiary/aromatic N) is 1. The van der Waals surface area contributed by atoms with E-state index in [-0.39, 0.29) is 6.61 Å². The molecule has 12 heavy (non-hydrogen) atoms. The summed E-state index contributed by atoms with van der Waals surface area (Å²) in [4.78, 5) is 4.01. The van der Waals surface area contributed by atoms with Gasteiger partial charge in [-0.1, -0.05) is 18.2 Å². The van der Waals surface area contributed by atoms with Crippen molar-refractivity contribution < 1.29 is 5.11 Å². The van der Waals surface area contributed by atoms with E-state index in [0.29, 0.717) is 11.6 Å². The van der Waals surface area contributed by atoms with Crippen LogP contribution in [0.2, 0.25) is 0 Å². The lowest BCUT2D eigenvalue weighted by Gasteiger charge is -1.95. The lowest BCUT2D eigenvalue weighted by molar-refractivity contribution is 0.277. The van der Waals surface area contributed by atoms with Gasteiger partial charge in [-0.15, -0.1) is 11.6 Å². The van der Waals surface area contributed by atoms with Gasteiger partial charge in [0.05, 0.1) is 12.3 Å². The van der Waals surface area contributed by atoms with Gasteiger partial charge in [0, 0.05) is 12.1 Å². The molecule has 0 radical (unpaired) electrons. The second-order valence-corrected chi connectivity index (χ2v) is 2.61. The molecule has 3 heteroatoms. The zero-order chi connectivity index (χ0) is 8.81. The van der Waals surface area contributed by atoms with E-state index in [9.17, 15) is 0 Å². The van der Waals surface area contributed by atoms with Crippen LogP contribution >= 0.6 is 11.6 Å². The average molecular weight is 184 g/mol. The topological polar surface area (TPSA) is 33.1 Å². The van der Waals surface area contributed by atoms with Gasteiger partial charge in [-0.3, -0.25) is 4.98 Å². The van der Waals surface area contributed by atoms with E-state index in [2.05, 4.69) is 4.98 Å². The molecule has 1 aromatic rings. The normalized spacial score (nSPS) is 10.8. The molecular formula is C9H10ClNO. The first-order valence-corrected chi connectivity index (χ1v) is 4.18. The average Bonchev–Trinajstić information content (AvgIpc) is 2.15. The van der Waals surface area contributed by atoms with Crippen LogP contribution in [0.3, 0.4) is 0 Å². The van der Waals surface area contributed by atoms with E-state index >= 15 is 0 Å². The smallest absolute Gasteiger partial charge is 0.0852 e. The Kier molecular flexibility index (Phi) is 3.77. The maximum absolute atomic E-state index is 8.70. The number of aliphatic hydroxyl groups excluding tert-OH is 1. The van der Waals surface area contributed by atoms with Crippen LogP contribution in [0.1, 0.15) is 11.3 Å². The van der Waals surface area contributed by atoms with E-state index in [0.717, 1.165) is 5.56 Å². The van der Waals surface area contributed by atoms with Crippen molar-refractivity contribution in [3.05, 3.63) is 35.7 Å². The third-order valence-corrected chi connectivity index (χ3v) is 1.59. The summed E-state index contributed by atoms with van der Waals surface area (Å²) in [5.74, 6) is 0.502. The van der Waals surface area contributed by atoms with Crippen molar-refractivity contribution >= 4 is 17.7 Å². The second kappa shape index (κ2) is 4.91. The molecule has 0 saturated carbocycles. The van der Waals surface area contributed by atoms with Crippen molar-refractivity contribution in [2.75, 3.05) is 5.88 Å². The Labute approximate surface area is 76.5 Å². The Morgan fingerprint density at radius 1 is 1.50 bits per heavy atom. The summed E-state index contributed by atoms with van der Waals surface area (Å²) in [5.41, 5.74) is 1.67. The SMILES string of the molecule is OCc1ccc(C=CCCl)cn1. The number of aromatic nitrogens is 1. The van der Waals surface area contributed by atoms with Crippen LogP contribution < -0.4 is 0 Å². The lowest BCUT2D eigenvalue weighted by Crippen LogP contribution is -1.87. The molecule has 0 atom stereocenters. The van der Waals surface area contributed by atoms with Gasteiger partial charge in [-0.05, 0) is 11.6 Å². The molecule has 0 fully saturated rings. The van der Waals surface area contributed by atoms with Crippen LogP contribution in [0.15, 0.2) is 24.4 Å². The highest BCUT2D eigenvalue weighted by molar-refractivity contribution is 6.19. The van der Waals surface area contributed by atoms with Crippen LogP contribution in [-0.4, -0.2) is 16.0 Å². The molecule has 0 aliphatic heterocycles. The van der Waals surface area contributed by atoms with Gasteiger partial charge in [0.2, 0.25) is 0 Å². The van der Waals surface area contributed by atoms with E-state index in [1.807, 2.05) is 18.2 Å². The van der Waals surface area contributed by atoms with Gasteiger partial charge >= 0.3 is 0 Å². The number of halogens is 1. The summed E-state index contributed by atoms with van der Waals surface area (Å²) >= 11 is 5.46. The Hall–Kier alpha value is -0.860. The molecule has 2 nitrogen and oxygen atoms in total. The quantitative estimate of drug-likeness (QED) is 0.726. The Morgan fingerprint density at radius 3 is 2.83 bits per heavy atom. The first kappa shape index (κ1) is 9.23. The van der Waals surface area contributed by atoms with Crippen LogP contribution in [0, 0.1) is 0 Å². The molecule has 0 aliphatic carbocycles. The number of hydrogen-bond donors (Lipinski definition) is 1. The Morgan fingerprint density at radius 2 is 2.33 bits per heavy atom. The first-order valence-electron chi connectivity index (χ1n) is 3.65. The number of hydrogen-bond acceptors (Lipinski definition) is 2. The van der Waals surface area contributed by atoms with Gasteiger partial charge in [-0.25, -0.2) is 0 Å². The molecule has 1 N–H and O–H groups in total. The van der Waals surface area contributed by atoms with E-state index < -0.39 is 0 Å². The van der Waals surface area contributed by atoms with Gasteiger partial charge in [-0.2, -0.15) is 0 Å². The molecule has 64 valence electrons. The van der Waals surface area contributed by atoms with Crippen LogP contribution in [-0.2, 0) is 6.61 Å². The predicted molar refractivity (Wildman–Crippen MR) is 49.9 cm³/mol. The number of aliphatic hydroxyl groups is 1. The summed E-state index contributed by atoms with van der Waals surface area (Å²) in [6.45, 7) is -0.0144. The van der Waals surface area contributed by atoms with Gasteiger partial charge in [0.15, 0.2) is 0 Å². The van der Waals surface area contributed by atoms with Crippen molar-refractivity contribution in [2.45, 2.75) is 6.61 Å². The third-order valence-electron chi connectivity index (χ3n) is 1.41. The predicted octanol–water partition coefficient (Wildman–Crippen LogP) is 1.83. The van der Waals surface area contributed by atoms with Crippen LogP contribution in [0.25, 0.3) is 6.08 Å². The van der Waals surface area contributed by atoms with Gasteiger partial charge < -0.3 is 5.11 Å². The number of rotatable bonds is 3. The fourth-order valence-electron chi connectivity index (χ4n) is 0.809. The fourth-order valence-corrected chi connectivity index (χ4v) is 0.898. The molecule has 0 spiro atoms. The minimum atomic E-state index is -0.0144. The minimum absolute atomic E-state index is 0.0144. The fraction of sp³-hybridized carbons (Fsp3) is 0.222. The highest BCUT2D eigenvalue weighted by atomic mass is 35.5. The summed E-state index contributed by atoms with van der Waals surface area (Å²) in [5, 5.41) is 8.70. The molecular weight excluding hydrogens is 174 g/mol. The molecule has 0 amide bonds. The number of allylic oxidation sites excluding steroid dienone is 1. The van der Waals surface area contributed by atoms with Crippen LogP contribution in [0.5, 0.6) is 0 Å². The lowest BCUT2D eigenvalue weighted by atomic mass is 10.2. The summed E-state index contributed by atoms with van der Waals surface area (Å²) in [7, 11) is 0. The van der Waals surface area contributed by atoms with Crippen molar-refractivity contribution in [2.24, 2.45) is 0 Å².